The van der Waals surface area contributed by atoms with Crippen LogP contribution in [0.1, 0.15) is 51.4 Å². The van der Waals surface area contributed by atoms with Crippen molar-refractivity contribution in [3.8, 4) is 0 Å². The van der Waals surface area contributed by atoms with Gasteiger partial charge in [0.1, 0.15) is 0 Å². The lowest BCUT2D eigenvalue weighted by Gasteiger charge is -2.39. The molecular weight excluding hydrogens is 278 g/mol. The zero-order chi connectivity index (χ0) is 15.2. The van der Waals surface area contributed by atoms with E-state index >= 15 is 0 Å². The van der Waals surface area contributed by atoms with E-state index in [0.29, 0.717) is 18.4 Å². The molecule has 4 fully saturated rings. The van der Waals surface area contributed by atoms with Gasteiger partial charge in [0.05, 0.1) is 6.04 Å². The number of likely N-dealkylation sites (tertiary alicyclic amines) is 1. The van der Waals surface area contributed by atoms with Crippen molar-refractivity contribution < 1.29 is 9.59 Å². The molecule has 1 saturated carbocycles. The van der Waals surface area contributed by atoms with Crippen molar-refractivity contribution in [2.75, 3.05) is 19.6 Å². The Labute approximate surface area is 132 Å². The zero-order valence-electron chi connectivity index (χ0n) is 13.3. The topological polar surface area (TPSA) is 61.4 Å². The van der Waals surface area contributed by atoms with E-state index in [9.17, 15) is 9.59 Å². The number of nitrogens with one attached hydrogen (secondary N) is 2. The van der Waals surface area contributed by atoms with Crippen LogP contribution >= 0.6 is 0 Å². The largest absolute Gasteiger partial charge is 0.356 e. The number of amides is 2. The molecule has 3 heterocycles. The normalized spacial score (nSPS) is 37.2. The molecule has 3 aliphatic heterocycles. The van der Waals surface area contributed by atoms with Gasteiger partial charge in [-0.3, -0.25) is 9.59 Å². The van der Waals surface area contributed by atoms with E-state index < -0.39 is 0 Å². The summed E-state index contributed by atoms with van der Waals surface area (Å²) >= 11 is 0. The van der Waals surface area contributed by atoms with Crippen LogP contribution in [0.3, 0.4) is 0 Å². The van der Waals surface area contributed by atoms with Crippen LogP contribution in [-0.2, 0) is 9.59 Å². The third-order valence-corrected chi connectivity index (χ3v) is 6.49. The number of hydrogen-bond acceptors (Lipinski definition) is 3. The summed E-state index contributed by atoms with van der Waals surface area (Å²) in [5.74, 6) is 1.21. The van der Waals surface area contributed by atoms with Crippen molar-refractivity contribution in [2.45, 2.75) is 63.5 Å². The summed E-state index contributed by atoms with van der Waals surface area (Å²) < 4.78 is 0. The lowest BCUT2D eigenvalue weighted by molar-refractivity contribution is -0.135. The van der Waals surface area contributed by atoms with Gasteiger partial charge >= 0.3 is 0 Å². The highest BCUT2D eigenvalue weighted by Gasteiger charge is 2.44. The fourth-order valence-electron chi connectivity index (χ4n) is 5.04. The van der Waals surface area contributed by atoms with E-state index in [-0.39, 0.29) is 17.4 Å². The molecule has 0 aromatic heterocycles. The van der Waals surface area contributed by atoms with Crippen LogP contribution in [0.25, 0.3) is 0 Å². The molecule has 1 spiro atoms. The first kappa shape index (κ1) is 14.5. The molecule has 0 radical (unpaired) electrons. The second-order valence-corrected chi connectivity index (χ2v) is 7.88. The van der Waals surface area contributed by atoms with Crippen molar-refractivity contribution in [1.82, 2.24) is 15.5 Å². The Kier molecular flexibility index (Phi) is 3.63. The first-order valence-electron chi connectivity index (χ1n) is 8.97. The summed E-state index contributed by atoms with van der Waals surface area (Å²) in [4.78, 5) is 26.3. The Hall–Kier alpha value is -1.10. The van der Waals surface area contributed by atoms with Gasteiger partial charge in [-0.1, -0.05) is 12.8 Å². The number of hydrogen-bond donors (Lipinski definition) is 2. The molecule has 22 heavy (non-hydrogen) atoms. The van der Waals surface area contributed by atoms with Crippen LogP contribution in [-0.4, -0.2) is 48.4 Å². The predicted molar refractivity (Wildman–Crippen MR) is 83.2 cm³/mol. The van der Waals surface area contributed by atoms with Gasteiger partial charge in [-0.25, -0.2) is 0 Å². The minimum Gasteiger partial charge on any atom is -0.356 e. The minimum atomic E-state index is 0.0467. The molecule has 2 amide bonds. The van der Waals surface area contributed by atoms with E-state index in [2.05, 4.69) is 10.6 Å². The molecule has 0 aromatic carbocycles. The van der Waals surface area contributed by atoms with Crippen LogP contribution in [0.2, 0.25) is 0 Å². The van der Waals surface area contributed by atoms with E-state index in [1.165, 1.54) is 25.7 Å². The van der Waals surface area contributed by atoms with Gasteiger partial charge in [-0.05, 0) is 43.4 Å². The third kappa shape index (κ3) is 2.53. The number of carbonyl (C=O) groups is 2. The van der Waals surface area contributed by atoms with Gasteiger partial charge in [0, 0.05) is 32.1 Å². The number of fused-ring (bicyclic) bond motifs is 1. The van der Waals surface area contributed by atoms with Crippen molar-refractivity contribution in [3.05, 3.63) is 0 Å². The summed E-state index contributed by atoms with van der Waals surface area (Å²) in [5.41, 5.74) is 0.130. The van der Waals surface area contributed by atoms with Crippen molar-refractivity contribution in [3.63, 3.8) is 0 Å². The van der Waals surface area contributed by atoms with Crippen LogP contribution < -0.4 is 10.6 Å². The molecule has 3 unspecified atom stereocenters. The maximum atomic E-state index is 12.8. The Bertz CT molecular complexity index is 457. The lowest BCUT2D eigenvalue weighted by Crippen LogP contribution is -2.50. The second-order valence-electron chi connectivity index (χ2n) is 7.88. The van der Waals surface area contributed by atoms with Crippen molar-refractivity contribution in [1.29, 1.82) is 0 Å². The van der Waals surface area contributed by atoms with E-state index in [1.807, 2.05) is 4.90 Å². The molecule has 1 aliphatic carbocycles. The molecule has 5 heteroatoms. The van der Waals surface area contributed by atoms with Gasteiger partial charge in [-0.15, -0.1) is 0 Å². The van der Waals surface area contributed by atoms with Gasteiger partial charge in [0.25, 0.3) is 0 Å². The van der Waals surface area contributed by atoms with Gasteiger partial charge in [0.2, 0.25) is 11.8 Å². The van der Waals surface area contributed by atoms with Crippen molar-refractivity contribution >= 4 is 11.8 Å². The highest BCUT2D eigenvalue weighted by molar-refractivity contribution is 5.83. The molecule has 4 aliphatic rings. The molecular formula is C17H27N3O2. The highest BCUT2D eigenvalue weighted by atomic mass is 16.2. The summed E-state index contributed by atoms with van der Waals surface area (Å²) in [5, 5.41) is 6.56. The summed E-state index contributed by atoms with van der Waals surface area (Å²) in [6.07, 6.45) is 8.79. The Morgan fingerprint density at radius 2 is 1.95 bits per heavy atom. The molecule has 4 rings (SSSR count). The molecule has 3 atom stereocenters. The number of rotatable bonds is 1. The Morgan fingerprint density at radius 1 is 1.18 bits per heavy atom. The average Bonchev–Trinajstić information content (AvgIpc) is 3.11. The number of carbonyl (C=O) groups excluding carboxylic acids is 2. The predicted octanol–water partition coefficient (Wildman–Crippen LogP) is 1.04. The monoisotopic (exact) mass is 305 g/mol. The quantitative estimate of drug-likeness (QED) is 0.761. The summed E-state index contributed by atoms with van der Waals surface area (Å²) in [6, 6.07) is 0.626. The molecule has 5 nitrogen and oxygen atoms in total. The van der Waals surface area contributed by atoms with Crippen LogP contribution in [0.4, 0.5) is 0 Å². The SMILES string of the molecule is O=C1CC2(CCN(C(=O)C3CC4CCCCC4N3)CC2)CN1. The van der Waals surface area contributed by atoms with Gasteiger partial charge in [-0.2, -0.15) is 0 Å². The van der Waals surface area contributed by atoms with E-state index in [4.69, 9.17) is 0 Å². The fourth-order valence-corrected chi connectivity index (χ4v) is 5.04. The summed E-state index contributed by atoms with van der Waals surface area (Å²) in [6.45, 7) is 2.45. The average molecular weight is 305 g/mol. The third-order valence-electron chi connectivity index (χ3n) is 6.49. The number of piperidine rings is 1. The zero-order valence-corrected chi connectivity index (χ0v) is 13.3. The molecule has 122 valence electrons. The van der Waals surface area contributed by atoms with Crippen LogP contribution in [0.15, 0.2) is 0 Å². The number of nitrogens with zero attached hydrogens (tertiary/aromatic N) is 1. The summed E-state index contributed by atoms with van der Waals surface area (Å²) in [7, 11) is 0. The van der Waals surface area contributed by atoms with E-state index in [1.54, 1.807) is 0 Å². The minimum absolute atomic E-state index is 0.0467. The first-order chi connectivity index (χ1) is 10.7. The molecule has 0 aromatic rings. The van der Waals surface area contributed by atoms with Crippen LogP contribution in [0.5, 0.6) is 0 Å². The molecule has 2 N–H and O–H groups in total. The lowest BCUT2D eigenvalue weighted by atomic mass is 9.77. The van der Waals surface area contributed by atoms with Crippen LogP contribution in [0, 0.1) is 11.3 Å². The Balaban J connectivity index is 1.34. The molecule has 0 bridgehead atoms. The maximum absolute atomic E-state index is 12.8. The fraction of sp³-hybridized carbons (Fsp3) is 0.882. The smallest absolute Gasteiger partial charge is 0.239 e. The first-order valence-corrected chi connectivity index (χ1v) is 8.97. The second kappa shape index (κ2) is 5.52. The van der Waals surface area contributed by atoms with E-state index in [0.717, 1.165) is 44.8 Å². The molecule has 3 saturated heterocycles. The Morgan fingerprint density at radius 3 is 2.64 bits per heavy atom. The highest BCUT2D eigenvalue weighted by Crippen LogP contribution is 2.38. The van der Waals surface area contributed by atoms with Gasteiger partial charge < -0.3 is 15.5 Å². The van der Waals surface area contributed by atoms with Gasteiger partial charge in [0.15, 0.2) is 0 Å². The standard InChI is InChI=1S/C17H27N3O2/c21-15-10-17(11-18-15)5-7-20(8-6-17)16(22)14-9-12-3-1-2-4-13(12)19-14/h12-14,19H,1-11H2,(H,18,21). The maximum Gasteiger partial charge on any atom is 0.239 e. The van der Waals surface area contributed by atoms with Crippen molar-refractivity contribution in [2.24, 2.45) is 11.3 Å².